The fourth-order valence-corrected chi connectivity index (χ4v) is 5.38. The molecule has 0 radical (unpaired) electrons. The van der Waals surface area contributed by atoms with Gasteiger partial charge in [0.1, 0.15) is 5.75 Å². The van der Waals surface area contributed by atoms with Crippen molar-refractivity contribution in [2.45, 2.75) is 32.1 Å². The van der Waals surface area contributed by atoms with Crippen LogP contribution < -0.4 is 19.5 Å². The number of nitrogens with zero attached hydrogens (tertiary/aromatic N) is 1. The largest absolute Gasteiger partial charge is 0.495 e. The monoisotopic (exact) mass is 510 g/mol. The number of ketones is 1. The maximum Gasteiger partial charge on any atom is 0.234 e. The van der Waals surface area contributed by atoms with Gasteiger partial charge in [0.2, 0.25) is 12.7 Å². The molecule has 33 heavy (non-hydrogen) atoms. The van der Waals surface area contributed by atoms with E-state index in [1.807, 2.05) is 31.2 Å². The zero-order valence-corrected chi connectivity index (χ0v) is 19.9. The van der Waals surface area contributed by atoms with Gasteiger partial charge in [-0.15, -0.1) is 0 Å². The SMILES string of the molecule is COc1ccccc1NC(=O)C1C(C)=NC2=C(C(=O)CCC2)[C@H]1c1cc2c(cc1Br)OCO2. The third-order valence-corrected chi connectivity index (χ3v) is 7.00. The van der Waals surface area contributed by atoms with Crippen LogP contribution in [0.15, 0.2) is 57.1 Å². The molecule has 2 aliphatic heterocycles. The minimum absolute atomic E-state index is 0.0390. The normalized spacial score (nSPS) is 21.4. The van der Waals surface area contributed by atoms with Crippen LogP contribution in [0.3, 0.4) is 0 Å². The van der Waals surface area contributed by atoms with Gasteiger partial charge in [-0.05, 0) is 49.6 Å². The highest BCUT2D eigenvalue weighted by Crippen LogP contribution is 2.48. The molecule has 0 spiro atoms. The molecule has 1 N–H and O–H groups in total. The molecule has 0 aromatic heterocycles. The van der Waals surface area contributed by atoms with Crippen LogP contribution in [0.5, 0.6) is 17.2 Å². The summed E-state index contributed by atoms with van der Waals surface area (Å²) in [5.74, 6) is 0.410. The Morgan fingerprint density at radius 1 is 1.18 bits per heavy atom. The number of ether oxygens (including phenoxy) is 3. The molecule has 170 valence electrons. The standard InChI is InChI=1S/C25H23BrN2O5/c1-13-22(25(30)28-16-6-3-4-9-19(16)31-2)23(24-17(27-13)7-5-8-18(24)29)14-10-20-21(11-15(14)26)33-12-32-20/h3-4,6,9-11,22-23H,5,7-8,12H2,1-2H3,(H,28,30)/t22?,23-/m0/s1. The summed E-state index contributed by atoms with van der Waals surface area (Å²) in [7, 11) is 1.56. The molecule has 2 aromatic rings. The zero-order chi connectivity index (χ0) is 23.1. The highest BCUT2D eigenvalue weighted by Gasteiger charge is 2.43. The lowest BCUT2D eigenvalue weighted by Gasteiger charge is -2.35. The van der Waals surface area contributed by atoms with E-state index in [1.165, 1.54) is 0 Å². The quantitative estimate of drug-likeness (QED) is 0.624. The Balaban J connectivity index is 1.62. The lowest BCUT2D eigenvalue weighted by atomic mass is 9.71. The third-order valence-electron chi connectivity index (χ3n) is 6.31. The first kappa shape index (κ1) is 21.7. The number of fused-ring (bicyclic) bond motifs is 1. The van der Waals surface area contributed by atoms with Crippen molar-refractivity contribution < 1.29 is 23.8 Å². The molecule has 2 atom stereocenters. The molecule has 0 saturated carbocycles. The van der Waals surface area contributed by atoms with Gasteiger partial charge < -0.3 is 19.5 Å². The number of nitrogens with one attached hydrogen (secondary N) is 1. The lowest BCUT2D eigenvalue weighted by molar-refractivity contribution is -0.119. The number of benzene rings is 2. The Bertz CT molecular complexity index is 1220. The van der Waals surface area contributed by atoms with Gasteiger partial charge in [-0.2, -0.15) is 0 Å². The van der Waals surface area contributed by atoms with Gasteiger partial charge >= 0.3 is 0 Å². The van der Waals surface area contributed by atoms with Crippen molar-refractivity contribution >= 4 is 39.0 Å². The highest BCUT2D eigenvalue weighted by atomic mass is 79.9. The Hall–Kier alpha value is -3.13. The molecule has 7 nitrogen and oxygen atoms in total. The number of carbonyl (C=O) groups excluding carboxylic acids is 2. The molecule has 1 amide bonds. The van der Waals surface area contributed by atoms with E-state index in [-0.39, 0.29) is 18.5 Å². The minimum atomic E-state index is -0.674. The van der Waals surface area contributed by atoms with E-state index in [0.29, 0.717) is 40.6 Å². The van der Waals surface area contributed by atoms with Crippen molar-refractivity contribution in [3.63, 3.8) is 0 Å². The van der Waals surface area contributed by atoms with Gasteiger partial charge in [0, 0.05) is 33.8 Å². The molecule has 0 fully saturated rings. The lowest BCUT2D eigenvalue weighted by Crippen LogP contribution is -2.39. The first-order valence-electron chi connectivity index (χ1n) is 10.8. The van der Waals surface area contributed by atoms with Crippen LogP contribution in [0, 0.1) is 5.92 Å². The average molecular weight is 511 g/mol. The van der Waals surface area contributed by atoms with E-state index >= 15 is 0 Å². The number of carbonyl (C=O) groups is 2. The zero-order valence-electron chi connectivity index (χ0n) is 18.3. The molecule has 1 aliphatic carbocycles. The van der Waals surface area contributed by atoms with Crippen molar-refractivity contribution in [1.82, 2.24) is 0 Å². The summed E-state index contributed by atoms with van der Waals surface area (Å²) >= 11 is 3.65. The van der Waals surface area contributed by atoms with Gasteiger partial charge in [0.15, 0.2) is 17.3 Å². The number of hydrogen-bond acceptors (Lipinski definition) is 6. The summed E-state index contributed by atoms with van der Waals surface area (Å²) in [4.78, 5) is 31.6. The summed E-state index contributed by atoms with van der Waals surface area (Å²) in [5.41, 5.74) is 3.43. The fourth-order valence-electron chi connectivity index (χ4n) is 4.81. The van der Waals surface area contributed by atoms with Crippen molar-refractivity contribution in [2.24, 2.45) is 10.9 Å². The molecule has 5 rings (SSSR count). The molecule has 3 aliphatic rings. The van der Waals surface area contributed by atoms with E-state index in [4.69, 9.17) is 19.2 Å². The summed E-state index contributed by atoms with van der Waals surface area (Å²) in [6.45, 7) is 1.99. The Labute approximate surface area is 200 Å². The highest BCUT2D eigenvalue weighted by molar-refractivity contribution is 9.10. The Morgan fingerprint density at radius 2 is 1.94 bits per heavy atom. The van der Waals surface area contributed by atoms with E-state index in [2.05, 4.69) is 21.2 Å². The van der Waals surface area contributed by atoms with Crippen molar-refractivity contribution in [3.8, 4) is 17.2 Å². The van der Waals surface area contributed by atoms with Gasteiger partial charge in [0.05, 0.1) is 18.7 Å². The van der Waals surface area contributed by atoms with Crippen molar-refractivity contribution in [1.29, 1.82) is 0 Å². The minimum Gasteiger partial charge on any atom is -0.495 e. The van der Waals surface area contributed by atoms with Gasteiger partial charge in [0.25, 0.3) is 0 Å². The second kappa shape index (κ2) is 8.67. The van der Waals surface area contributed by atoms with Crippen molar-refractivity contribution in [3.05, 3.63) is 57.7 Å². The molecule has 2 aromatic carbocycles. The molecular weight excluding hydrogens is 488 g/mol. The number of rotatable bonds is 4. The summed E-state index contributed by atoms with van der Waals surface area (Å²) in [6, 6.07) is 10.9. The number of hydrogen-bond donors (Lipinski definition) is 1. The summed E-state index contributed by atoms with van der Waals surface area (Å²) in [6.07, 6.45) is 1.94. The third kappa shape index (κ3) is 3.82. The number of methoxy groups -OCH3 is 1. The van der Waals surface area contributed by atoms with Gasteiger partial charge in [-0.1, -0.05) is 28.1 Å². The number of para-hydroxylation sites is 2. The number of amides is 1. The first-order chi connectivity index (χ1) is 16.0. The predicted molar refractivity (Wildman–Crippen MR) is 127 cm³/mol. The molecule has 8 heteroatoms. The molecule has 0 saturated heterocycles. The number of aliphatic imine (C=N–C) groups is 1. The number of halogens is 1. The number of allylic oxidation sites excluding steroid dienone is 2. The van der Waals surface area contributed by atoms with E-state index in [1.54, 1.807) is 19.2 Å². The topological polar surface area (TPSA) is 86.2 Å². The van der Waals surface area contributed by atoms with Crippen LogP contribution in [0.2, 0.25) is 0 Å². The predicted octanol–water partition coefficient (Wildman–Crippen LogP) is 5.01. The van der Waals surface area contributed by atoms with E-state index in [0.717, 1.165) is 28.6 Å². The van der Waals surface area contributed by atoms with Crippen LogP contribution in [-0.2, 0) is 9.59 Å². The number of anilines is 1. The number of Topliss-reactive ketones (excluding diaryl/α,β-unsaturated/α-hetero) is 1. The van der Waals surface area contributed by atoms with Crippen LogP contribution >= 0.6 is 15.9 Å². The van der Waals surface area contributed by atoms with Crippen LogP contribution in [0.25, 0.3) is 0 Å². The van der Waals surface area contributed by atoms with Gasteiger partial charge in [-0.3, -0.25) is 14.6 Å². The van der Waals surface area contributed by atoms with E-state index in [9.17, 15) is 9.59 Å². The Kier molecular flexibility index (Phi) is 5.70. The molecule has 0 bridgehead atoms. The van der Waals surface area contributed by atoms with E-state index < -0.39 is 11.8 Å². The summed E-state index contributed by atoms with van der Waals surface area (Å²) in [5, 5.41) is 2.99. The average Bonchev–Trinajstić information content (AvgIpc) is 3.25. The Morgan fingerprint density at radius 3 is 2.73 bits per heavy atom. The fraction of sp³-hybridized carbons (Fsp3) is 0.320. The second-order valence-corrected chi connectivity index (χ2v) is 9.12. The smallest absolute Gasteiger partial charge is 0.234 e. The van der Waals surface area contributed by atoms with Crippen LogP contribution in [0.4, 0.5) is 5.69 Å². The van der Waals surface area contributed by atoms with Crippen LogP contribution in [-0.4, -0.2) is 31.3 Å². The van der Waals surface area contributed by atoms with Gasteiger partial charge in [-0.25, -0.2) is 0 Å². The van der Waals surface area contributed by atoms with Crippen LogP contribution in [0.1, 0.15) is 37.7 Å². The molecular formula is C25H23BrN2O5. The summed E-state index contributed by atoms with van der Waals surface area (Å²) < 4.78 is 17.3. The van der Waals surface area contributed by atoms with Crippen molar-refractivity contribution in [2.75, 3.05) is 19.2 Å². The maximum absolute atomic E-state index is 13.7. The first-order valence-corrected chi connectivity index (χ1v) is 11.6. The molecule has 2 heterocycles. The molecule has 1 unspecified atom stereocenters. The maximum atomic E-state index is 13.7. The second-order valence-electron chi connectivity index (χ2n) is 8.26.